The molecule has 1 fully saturated rings. The van der Waals surface area contributed by atoms with Crippen molar-refractivity contribution in [3.63, 3.8) is 0 Å². The van der Waals surface area contributed by atoms with E-state index in [9.17, 15) is 13.2 Å². The predicted molar refractivity (Wildman–Crippen MR) is 141 cm³/mol. The molecule has 7 nitrogen and oxygen atoms in total. The maximum atomic E-state index is 13.4. The molecule has 0 bridgehead atoms. The van der Waals surface area contributed by atoms with Gasteiger partial charge in [0.2, 0.25) is 0 Å². The van der Waals surface area contributed by atoms with E-state index in [-0.39, 0.29) is 10.9 Å². The number of benzene rings is 2. The van der Waals surface area contributed by atoms with Gasteiger partial charge in [0, 0.05) is 62.3 Å². The van der Waals surface area contributed by atoms with E-state index in [1.807, 2.05) is 6.92 Å². The highest BCUT2D eigenvalue weighted by Gasteiger charge is 2.25. The second-order valence-electron chi connectivity index (χ2n) is 9.08. The summed E-state index contributed by atoms with van der Waals surface area (Å²) in [5, 5.41) is 3.44. The fourth-order valence-corrected chi connectivity index (χ4v) is 5.73. The summed E-state index contributed by atoms with van der Waals surface area (Å²) in [6.45, 7) is 10.2. The van der Waals surface area contributed by atoms with E-state index in [0.717, 1.165) is 32.7 Å². The van der Waals surface area contributed by atoms with E-state index in [4.69, 9.17) is 11.6 Å². The topological polar surface area (TPSA) is 73.0 Å². The smallest absolute Gasteiger partial charge is 0.296 e. The zero-order chi connectivity index (χ0) is 25.8. The number of para-hydroxylation sites is 1. The number of nitrogens with zero attached hydrogens (tertiary/aromatic N) is 3. The largest absolute Gasteiger partial charge is 0.342 e. The van der Waals surface area contributed by atoms with Crippen molar-refractivity contribution in [3.05, 3.63) is 58.1 Å². The Morgan fingerprint density at radius 2 is 1.80 bits per heavy atom. The van der Waals surface area contributed by atoms with E-state index >= 15 is 0 Å². The molecule has 9 heteroatoms. The first-order valence-corrected chi connectivity index (χ1v) is 13.4. The molecule has 1 amide bonds. The van der Waals surface area contributed by atoms with Gasteiger partial charge in [0.05, 0.1) is 10.6 Å². The van der Waals surface area contributed by atoms with Crippen LogP contribution in [0.1, 0.15) is 23.6 Å². The number of sulfonamides is 1. The fourth-order valence-electron chi connectivity index (χ4n) is 4.01. The van der Waals surface area contributed by atoms with Crippen molar-refractivity contribution >= 4 is 33.2 Å². The van der Waals surface area contributed by atoms with Gasteiger partial charge in [-0.1, -0.05) is 29.7 Å². The number of halogens is 1. The number of rotatable bonds is 6. The molecule has 1 aliphatic heterocycles. The molecule has 35 heavy (non-hydrogen) atoms. The summed E-state index contributed by atoms with van der Waals surface area (Å²) in [7, 11) is -0.274. The fraction of sp³-hybridized carbons (Fsp3) is 0.423. The highest BCUT2D eigenvalue weighted by molar-refractivity contribution is 7.92. The summed E-state index contributed by atoms with van der Waals surface area (Å²) < 4.78 is 28.0. The molecule has 0 radical (unpaired) electrons. The van der Waals surface area contributed by atoms with Crippen LogP contribution in [0.15, 0.2) is 41.3 Å². The maximum absolute atomic E-state index is 13.4. The highest BCUT2D eigenvalue weighted by atomic mass is 35.5. The van der Waals surface area contributed by atoms with Crippen LogP contribution >= 0.6 is 11.6 Å². The lowest BCUT2D eigenvalue weighted by Gasteiger charge is -2.33. The summed E-state index contributed by atoms with van der Waals surface area (Å²) in [6, 6.07) is 10.1. The molecule has 1 N–H and O–H groups in total. The number of carbonyl (C=O) groups excluding carboxylic acids is 1. The van der Waals surface area contributed by atoms with Gasteiger partial charge in [-0.15, -0.1) is 0 Å². The first-order valence-electron chi connectivity index (χ1n) is 11.6. The van der Waals surface area contributed by atoms with Gasteiger partial charge < -0.3 is 10.2 Å². The van der Waals surface area contributed by atoms with Crippen molar-refractivity contribution in [1.29, 1.82) is 0 Å². The van der Waals surface area contributed by atoms with E-state index < -0.39 is 15.9 Å². The first kappa shape index (κ1) is 27.0. The van der Waals surface area contributed by atoms with Crippen LogP contribution in [0.3, 0.4) is 0 Å². The zero-order valence-corrected chi connectivity index (χ0v) is 22.5. The molecule has 0 aliphatic carbocycles. The van der Waals surface area contributed by atoms with Gasteiger partial charge in [-0.05, 0) is 63.2 Å². The molecule has 0 aromatic heterocycles. The Balaban J connectivity index is 1.75. The number of hydrogen-bond acceptors (Lipinski definition) is 5. The second-order valence-corrected chi connectivity index (χ2v) is 11.4. The minimum atomic E-state index is -3.86. The van der Waals surface area contributed by atoms with Crippen molar-refractivity contribution in [3.8, 4) is 11.8 Å². The summed E-state index contributed by atoms with van der Waals surface area (Å²) in [4.78, 5) is 17.3. The monoisotopic (exact) mass is 516 g/mol. The maximum Gasteiger partial charge on any atom is 0.296 e. The number of hydrogen-bond donors (Lipinski definition) is 1. The van der Waals surface area contributed by atoms with E-state index in [0.29, 0.717) is 27.4 Å². The average Bonchev–Trinajstić information content (AvgIpc) is 2.81. The normalized spacial score (nSPS) is 15.7. The van der Waals surface area contributed by atoms with Crippen LogP contribution in [0.25, 0.3) is 0 Å². The summed E-state index contributed by atoms with van der Waals surface area (Å²) in [5.74, 6) is 5.09. The molecular formula is C26H33ClN4O3S. The lowest BCUT2D eigenvalue weighted by molar-refractivity contribution is -0.116. The van der Waals surface area contributed by atoms with Gasteiger partial charge in [-0.25, -0.2) is 8.42 Å². The summed E-state index contributed by atoms with van der Waals surface area (Å²) in [5.41, 5.74) is 2.08. The molecule has 1 saturated heterocycles. The lowest BCUT2D eigenvalue weighted by atomic mass is 10.2. The first-order chi connectivity index (χ1) is 16.5. The molecule has 2 aromatic rings. The van der Waals surface area contributed by atoms with Crippen LogP contribution in [0.5, 0.6) is 0 Å². The summed E-state index contributed by atoms with van der Waals surface area (Å²) in [6.07, 6.45) is 0. The van der Waals surface area contributed by atoms with Crippen LogP contribution in [-0.2, 0) is 14.8 Å². The van der Waals surface area contributed by atoms with E-state index in [1.165, 1.54) is 11.4 Å². The SMILES string of the molecule is Cc1cc(S(=O)(=O)N(C)c2ccccc2C#CC(=O)N[C@@H](C)CN2CCN(C)CC2)c(C)cc1Cl. The number of anilines is 1. The lowest BCUT2D eigenvalue weighted by Crippen LogP contribution is -2.49. The van der Waals surface area contributed by atoms with Gasteiger partial charge in [0.25, 0.3) is 15.9 Å². The third-order valence-corrected chi connectivity index (χ3v) is 8.47. The number of nitrogens with one attached hydrogen (secondary N) is 1. The Morgan fingerprint density at radius 1 is 1.14 bits per heavy atom. The molecule has 1 aliphatic rings. The number of piperazine rings is 1. The van der Waals surface area contributed by atoms with Crippen LogP contribution < -0.4 is 9.62 Å². The van der Waals surface area contributed by atoms with Crippen molar-refractivity contribution in [1.82, 2.24) is 15.1 Å². The predicted octanol–water partition coefficient (Wildman–Crippen LogP) is 2.89. The minimum absolute atomic E-state index is 0.0466. The number of carbonyl (C=O) groups is 1. The molecule has 0 saturated carbocycles. The standard InChI is InChI=1S/C26H33ClN4O3S/c1-19-17-25(20(2)16-23(19)27)35(33,34)30(5)24-9-7-6-8-22(24)10-11-26(32)28-21(3)18-31-14-12-29(4)13-15-31/h6-9,16-17,21H,12-15,18H2,1-5H3,(H,28,32)/t21-/m0/s1. The van der Waals surface area contributed by atoms with E-state index in [2.05, 4.69) is 34.0 Å². The average molecular weight is 517 g/mol. The number of likely N-dealkylation sites (N-methyl/N-ethyl adjacent to an activating group) is 1. The van der Waals surface area contributed by atoms with E-state index in [1.54, 1.807) is 50.2 Å². The molecule has 188 valence electrons. The highest BCUT2D eigenvalue weighted by Crippen LogP contribution is 2.29. The molecule has 3 rings (SSSR count). The van der Waals surface area contributed by atoms with Gasteiger partial charge in [0.1, 0.15) is 0 Å². The van der Waals surface area contributed by atoms with Crippen molar-refractivity contribution in [2.75, 3.05) is 51.1 Å². The Hall–Kier alpha value is -2.57. The van der Waals surface area contributed by atoms with Crippen LogP contribution in [0, 0.1) is 25.7 Å². The number of amides is 1. The quantitative estimate of drug-likeness (QED) is 0.598. The van der Waals surface area contributed by atoms with Crippen molar-refractivity contribution in [2.45, 2.75) is 31.7 Å². The van der Waals surface area contributed by atoms with Gasteiger partial charge >= 0.3 is 0 Å². The summed E-state index contributed by atoms with van der Waals surface area (Å²) >= 11 is 6.16. The minimum Gasteiger partial charge on any atom is -0.342 e. The molecule has 1 heterocycles. The Kier molecular flexibility index (Phi) is 8.84. The van der Waals surface area contributed by atoms with Crippen molar-refractivity contribution < 1.29 is 13.2 Å². The van der Waals surface area contributed by atoms with Crippen LogP contribution in [0.4, 0.5) is 5.69 Å². The third-order valence-electron chi connectivity index (χ3n) is 6.15. The van der Waals surface area contributed by atoms with Gasteiger partial charge in [0.15, 0.2) is 0 Å². The van der Waals surface area contributed by atoms with Gasteiger partial charge in [-0.3, -0.25) is 14.0 Å². The zero-order valence-electron chi connectivity index (χ0n) is 20.9. The van der Waals surface area contributed by atoms with Crippen molar-refractivity contribution in [2.24, 2.45) is 0 Å². The Labute approximate surface area is 214 Å². The molecule has 0 unspecified atom stereocenters. The molecule has 1 atom stereocenters. The van der Waals surface area contributed by atoms with Gasteiger partial charge in [-0.2, -0.15) is 0 Å². The number of aryl methyl sites for hydroxylation is 2. The Bertz CT molecular complexity index is 1240. The Morgan fingerprint density at radius 3 is 2.49 bits per heavy atom. The van der Waals surface area contributed by atoms with Crippen LogP contribution in [0.2, 0.25) is 5.02 Å². The second kappa shape index (κ2) is 11.4. The third kappa shape index (κ3) is 6.77. The van der Waals surface area contributed by atoms with Crippen LogP contribution in [-0.4, -0.2) is 77.0 Å². The molecule has 0 spiro atoms. The molecular weight excluding hydrogens is 484 g/mol. The molecule has 2 aromatic carbocycles.